The van der Waals surface area contributed by atoms with E-state index in [4.69, 9.17) is 0 Å². The molecular formula is C40H32N2. The highest BCUT2D eigenvalue weighted by Crippen LogP contribution is 2.46. The molecule has 2 aliphatic rings. The zero-order valence-electron chi connectivity index (χ0n) is 23.5. The van der Waals surface area contributed by atoms with Crippen molar-refractivity contribution in [2.24, 2.45) is 0 Å². The zero-order chi connectivity index (χ0) is 27.9. The van der Waals surface area contributed by atoms with Crippen LogP contribution in [0, 0.1) is 0 Å². The van der Waals surface area contributed by atoms with Gasteiger partial charge in [0.1, 0.15) is 0 Å². The van der Waals surface area contributed by atoms with Crippen LogP contribution in [0.4, 0.5) is 22.7 Å². The standard InChI is InChI=1S/C40H32N2/c1-5-13-31(14-6-1)41(32-15-7-2-8-16-32)37-27-23-29-22-26-36-38(28-24-30-21-25-35(37)39(29)40(30)36)42(33-17-9-3-10-18-33)34-19-11-4-12-20-34/h1-11,13-17,19,21-28,33H,12,18,20H2. The summed E-state index contributed by atoms with van der Waals surface area (Å²) in [5.41, 5.74) is 6.17. The molecule has 2 heteroatoms. The second-order valence-electron chi connectivity index (χ2n) is 11.2. The summed E-state index contributed by atoms with van der Waals surface area (Å²) in [7, 11) is 0. The minimum atomic E-state index is 0.299. The van der Waals surface area contributed by atoms with E-state index in [9.17, 15) is 0 Å². The van der Waals surface area contributed by atoms with E-state index in [0.717, 1.165) is 30.6 Å². The van der Waals surface area contributed by atoms with Crippen LogP contribution in [0.5, 0.6) is 0 Å². The van der Waals surface area contributed by atoms with E-state index in [1.54, 1.807) is 0 Å². The summed E-state index contributed by atoms with van der Waals surface area (Å²) in [5.74, 6) is 0. The number of para-hydroxylation sites is 2. The molecular weight excluding hydrogens is 508 g/mol. The van der Waals surface area contributed by atoms with Crippen molar-refractivity contribution in [1.29, 1.82) is 0 Å². The molecule has 0 spiro atoms. The third kappa shape index (κ3) is 4.11. The minimum Gasteiger partial charge on any atom is -0.337 e. The van der Waals surface area contributed by atoms with Gasteiger partial charge in [-0.3, -0.25) is 0 Å². The smallest absolute Gasteiger partial charge is 0.0556 e. The quantitative estimate of drug-likeness (QED) is 0.194. The van der Waals surface area contributed by atoms with Crippen molar-refractivity contribution in [3.63, 3.8) is 0 Å². The van der Waals surface area contributed by atoms with E-state index in [0.29, 0.717) is 6.04 Å². The zero-order valence-corrected chi connectivity index (χ0v) is 23.5. The normalized spacial score (nSPS) is 16.4. The van der Waals surface area contributed by atoms with E-state index in [2.05, 4.69) is 162 Å². The van der Waals surface area contributed by atoms with Gasteiger partial charge in [0.25, 0.3) is 0 Å². The molecule has 2 nitrogen and oxygen atoms in total. The fraction of sp³-hybridized carbons (Fsp3) is 0.100. The molecule has 6 aromatic rings. The molecule has 0 N–H and O–H groups in total. The molecule has 1 atom stereocenters. The Balaban J connectivity index is 1.39. The van der Waals surface area contributed by atoms with Crippen LogP contribution in [0.3, 0.4) is 0 Å². The molecule has 42 heavy (non-hydrogen) atoms. The Morgan fingerprint density at radius 3 is 1.76 bits per heavy atom. The van der Waals surface area contributed by atoms with E-state index in [1.807, 2.05) is 0 Å². The van der Waals surface area contributed by atoms with Crippen molar-refractivity contribution >= 4 is 55.1 Å². The summed E-state index contributed by atoms with van der Waals surface area (Å²) in [4.78, 5) is 4.98. The Hall–Kier alpha value is -5.08. The molecule has 0 bridgehead atoms. The first kappa shape index (κ1) is 24.7. The lowest BCUT2D eigenvalue weighted by Gasteiger charge is -2.36. The number of benzene rings is 6. The van der Waals surface area contributed by atoms with Crippen molar-refractivity contribution in [1.82, 2.24) is 0 Å². The average molecular weight is 541 g/mol. The van der Waals surface area contributed by atoms with E-state index >= 15 is 0 Å². The molecule has 0 saturated heterocycles. The second kappa shape index (κ2) is 10.4. The summed E-state index contributed by atoms with van der Waals surface area (Å²) in [6.45, 7) is 0. The van der Waals surface area contributed by atoms with Crippen molar-refractivity contribution in [2.75, 3.05) is 9.80 Å². The number of allylic oxidation sites excluding steroid dienone is 6. The lowest BCUT2D eigenvalue weighted by Crippen LogP contribution is -2.34. The van der Waals surface area contributed by atoms with Gasteiger partial charge in [-0.15, -0.1) is 0 Å². The van der Waals surface area contributed by atoms with Gasteiger partial charge in [-0.25, -0.2) is 0 Å². The van der Waals surface area contributed by atoms with Crippen molar-refractivity contribution in [3.8, 4) is 0 Å². The van der Waals surface area contributed by atoms with E-state index in [-0.39, 0.29) is 0 Å². The first-order valence-corrected chi connectivity index (χ1v) is 15.0. The topological polar surface area (TPSA) is 6.48 Å². The second-order valence-corrected chi connectivity index (χ2v) is 11.2. The molecule has 202 valence electrons. The molecule has 0 saturated carbocycles. The minimum absolute atomic E-state index is 0.299. The first-order valence-electron chi connectivity index (χ1n) is 15.0. The van der Waals surface area contributed by atoms with Crippen LogP contribution in [-0.2, 0) is 0 Å². The summed E-state index contributed by atoms with van der Waals surface area (Å²) >= 11 is 0. The van der Waals surface area contributed by atoms with Gasteiger partial charge in [-0.05, 0) is 83.3 Å². The SMILES string of the molecule is C1=CCCC(N(c2ccc3ccc4c(N(c5ccccc5)c5ccccc5)ccc5ccc2c3c54)C2C=CC=CC2)=C1. The molecule has 8 rings (SSSR count). The highest BCUT2D eigenvalue weighted by molar-refractivity contribution is 6.27. The van der Waals surface area contributed by atoms with Crippen LogP contribution in [0.25, 0.3) is 32.3 Å². The van der Waals surface area contributed by atoms with E-state index < -0.39 is 0 Å². The molecule has 2 aliphatic carbocycles. The summed E-state index contributed by atoms with van der Waals surface area (Å²) in [6, 6.07) is 40.2. The van der Waals surface area contributed by atoms with E-state index in [1.165, 1.54) is 49.4 Å². The molecule has 1 unspecified atom stereocenters. The Bertz CT molecular complexity index is 1970. The van der Waals surface area contributed by atoms with Gasteiger partial charge in [0, 0.05) is 33.5 Å². The monoisotopic (exact) mass is 540 g/mol. The number of rotatable bonds is 6. The van der Waals surface area contributed by atoms with Gasteiger partial charge in [0.05, 0.1) is 11.7 Å². The maximum atomic E-state index is 2.59. The molecule has 0 heterocycles. The molecule has 6 aromatic carbocycles. The van der Waals surface area contributed by atoms with Gasteiger partial charge >= 0.3 is 0 Å². The summed E-state index contributed by atoms with van der Waals surface area (Å²) in [5, 5.41) is 7.81. The number of hydrogen-bond acceptors (Lipinski definition) is 2. The lowest BCUT2D eigenvalue weighted by atomic mass is 9.91. The Kier molecular flexibility index (Phi) is 6.11. The van der Waals surface area contributed by atoms with Crippen LogP contribution < -0.4 is 9.80 Å². The Labute approximate surface area is 247 Å². The van der Waals surface area contributed by atoms with Crippen LogP contribution in [0.2, 0.25) is 0 Å². The van der Waals surface area contributed by atoms with Crippen LogP contribution in [-0.4, -0.2) is 6.04 Å². The maximum absolute atomic E-state index is 2.59. The van der Waals surface area contributed by atoms with Crippen molar-refractivity contribution < 1.29 is 0 Å². The van der Waals surface area contributed by atoms with Crippen molar-refractivity contribution in [3.05, 3.63) is 157 Å². The number of hydrogen-bond donors (Lipinski definition) is 0. The molecule has 0 fully saturated rings. The summed E-state index contributed by atoms with van der Waals surface area (Å²) in [6.07, 6.45) is 19.0. The van der Waals surface area contributed by atoms with Gasteiger partial charge in [0.2, 0.25) is 0 Å². The van der Waals surface area contributed by atoms with Gasteiger partial charge < -0.3 is 9.80 Å². The van der Waals surface area contributed by atoms with Gasteiger partial charge in [-0.1, -0.05) is 109 Å². The number of nitrogens with zero attached hydrogens (tertiary/aromatic N) is 2. The maximum Gasteiger partial charge on any atom is 0.0556 e. The van der Waals surface area contributed by atoms with Crippen molar-refractivity contribution in [2.45, 2.75) is 25.3 Å². The van der Waals surface area contributed by atoms with Gasteiger partial charge in [0.15, 0.2) is 0 Å². The third-order valence-electron chi connectivity index (χ3n) is 8.74. The first-order chi connectivity index (χ1) is 20.9. The van der Waals surface area contributed by atoms with Crippen LogP contribution in [0.15, 0.2) is 157 Å². The highest BCUT2D eigenvalue weighted by atomic mass is 15.2. The summed E-state index contributed by atoms with van der Waals surface area (Å²) < 4.78 is 0. The fourth-order valence-electron chi connectivity index (χ4n) is 6.85. The third-order valence-corrected chi connectivity index (χ3v) is 8.74. The fourth-order valence-corrected chi connectivity index (χ4v) is 6.85. The van der Waals surface area contributed by atoms with Gasteiger partial charge in [-0.2, -0.15) is 0 Å². The molecule has 0 aliphatic heterocycles. The molecule has 0 aromatic heterocycles. The highest BCUT2D eigenvalue weighted by Gasteiger charge is 2.25. The predicted octanol–water partition coefficient (Wildman–Crippen LogP) is 11.0. The predicted molar refractivity (Wildman–Crippen MR) is 180 cm³/mol. The Morgan fingerprint density at radius 1 is 0.548 bits per heavy atom. The number of anilines is 4. The van der Waals surface area contributed by atoms with Crippen LogP contribution in [0.1, 0.15) is 19.3 Å². The molecule has 0 amide bonds. The Morgan fingerprint density at radius 2 is 1.17 bits per heavy atom. The lowest BCUT2D eigenvalue weighted by molar-refractivity contribution is 0.722. The average Bonchev–Trinajstić information content (AvgIpc) is 3.07. The molecule has 0 radical (unpaired) electrons. The largest absolute Gasteiger partial charge is 0.337 e. The van der Waals surface area contributed by atoms with Crippen LogP contribution >= 0.6 is 0 Å².